The largest absolute Gasteiger partial charge is 0.433 e. The molecule has 5 atom stereocenters. The molecule has 0 saturated carbocycles. The molecule has 0 aromatic heterocycles. The molecule has 0 radical (unpaired) electrons. The average Bonchev–Trinajstić information content (AvgIpc) is 2.50. The highest BCUT2D eigenvalue weighted by Crippen LogP contribution is 2.35. The average molecular weight is 363 g/mol. The van der Waals surface area contributed by atoms with Crippen molar-refractivity contribution in [2.24, 2.45) is 17.0 Å². The van der Waals surface area contributed by atoms with Crippen molar-refractivity contribution < 1.29 is 26.9 Å². The lowest BCUT2D eigenvalue weighted by atomic mass is 9.82. The van der Waals surface area contributed by atoms with Crippen molar-refractivity contribution in [3.05, 3.63) is 10.4 Å². The summed E-state index contributed by atoms with van der Waals surface area (Å²) in [6, 6.07) is 0. The summed E-state index contributed by atoms with van der Waals surface area (Å²) in [6.45, 7) is 7.06. The van der Waals surface area contributed by atoms with Crippen LogP contribution in [-0.2, 0) is 28.6 Å². The molecule has 0 N–H and O–H groups in total. The molecule has 1 fully saturated rings. The first-order valence-corrected chi connectivity index (χ1v) is 9.54. The van der Waals surface area contributed by atoms with Crippen LogP contribution in [0.2, 0.25) is 0 Å². The van der Waals surface area contributed by atoms with Crippen LogP contribution < -0.4 is 0 Å². The normalized spacial score (nSPS) is 30.4. The fourth-order valence-corrected chi connectivity index (χ4v) is 3.88. The fraction of sp³-hybridized carbons (Fsp3) is 0.929. The van der Waals surface area contributed by atoms with E-state index in [4.69, 9.17) is 19.2 Å². The maximum Gasteiger partial charge on any atom is 0.305 e. The molecule has 1 aliphatic heterocycles. The number of carbonyl (C=O) groups excluding carboxylic acids is 1. The van der Waals surface area contributed by atoms with Gasteiger partial charge in [0.15, 0.2) is 0 Å². The Kier molecular flexibility index (Phi) is 7.95. The van der Waals surface area contributed by atoms with E-state index in [9.17, 15) is 13.2 Å². The Morgan fingerprint density at radius 3 is 2.54 bits per heavy atom. The first-order chi connectivity index (χ1) is 11.2. The lowest BCUT2D eigenvalue weighted by Crippen LogP contribution is -2.52. The zero-order chi connectivity index (χ0) is 18.3. The summed E-state index contributed by atoms with van der Waals surface area (Å²) in [4.78, 5) is 13.9. The summed E-state index contributed by atoms with van der Waals surface area (Å²) in [6.07, 6.45) is -1.24. The van der Waals surface area contributed by atoms with Gasteiger partial charge in [-0.25, -0.2) is 0 Å². The van der Waals surface area contributed by atoms with Crippen molar-refractivity contribution in [1.82, 2.24) is 0 Å². The molecule has 0 aliphatic carbocycles. The van der Waals surface area contributed by atoms with Gasteiger partial charge < -0.3 is 9.47 Å². The monoisotopic (exact) mass is 363 g/mol. The fourth-order valence-electron chi connectivity index (χ4n) is 2.69. The van der Waals surface area contributed by atoms with Crippen LogP contribution in [0.1, 0.15) is 40.5 Å². The number of azide groups is 1. The molecule has 0 amide bonds. The summed E-state index contributed by atoms with van der Waals surface area (Å²) in [5, 5.41) is 3.29. The van der Waals surface area contributed by atoms with Gasteiger partial charge in [0.25, 0.3) is 10.1 Å². The van der Waals surface area contributed by atoms with Gasteiger partial charge in [0.1, 0.15) is 6.10 Å². The van der Waals surface area contributed by atoms with Gasteiger partial charge in [-0.3, -0.25) is 8.98 Å². The molecule has 0 aromatic carbocycles. The Hall–Kier alpha value is -1.35. The third kappa shape index (κ3) is 5.94. The van der Waals surface area contributed by atoms with E-state index in [2.05, 4.69) is 10.0 Å². The Morgan fingerprint density at radius 1 is 1.33 bits per heavy atom. The topological polar surface area (TPSA) is 128 Å². The van der Waals surface area contributed by atoms with Crippen LogP contribution in [-0.4, -0.2) is 45.2 Å². The molecule has 5 unspecified atom stereocenters. The minimum Gasteiger partial charge on any atom is -0.433 e. The van der Waals surface area contributed by atoms with Crippen molar-refractivity contribution in [2.75, 3.05) is 12.3 Å². The van der Waals surface area contributed by atoms with Crippen LogP contribution >= 0.6 is 0 Å². The van der Waals surface area contributed by atoms with Crippen molar-refractivity contribution in [3.8, 4) is 0 Å². The second-order valence-corrected chi connectivity index (χ2v) is 7.63. The standard InChI is InChI=1S/C14H25N3O6S/c1-5-12-9(2)10(3)13(14(22-12)21-11(4)18)23-24(19,20)8-6-7-16-17-15/h9-10,12-14H,5-8H2,1-4H3. The molecular formula is C14H25N3O6S. The van der Waals surface area contributed by atoms with Gasteiger partial charge in [0.05, 0.1) is 11.9 Å². The van der Waals surface area contributed by atoms with E-state index >= 15 is 0 Å². The minimum atomic E-state index is -3.87. The van der Waals surface area contributed by atoms with E-state index in [0.717, 1.165) is 6.42 Å². The molecule has 0 aromatic rings. The SMILES string of the molecule is CCC1OC(OC(C)=O)C(OS(=O)(=O)CCCN=[N+]=[N-])C(C)C1C. The van der Waals surface area contributed by atoms with Crippen LogP contribution in [0.15, 0.2) is 5.11 Å². The predicted octanol–water partition coefficient (Wildman–Crippen LogP) is 2.37. The van der Waals surface area contributed by atoms with E-state index in [1.54, 1.807) is 0 Å². The number of nitrogens with zero attached hydrogens (tertiary/aromatic N) is 3. The van der Waals surface area contributed by atoms with Gasteiger partial charge in [0, 0.05) is 18.4 Å². The quantitative estimate of drug-likeness (QED) is 0.163. The van der Waals surface area contributed by atoms with E-state index < -0.39 is 28.5 Å². The van der Waals surface area contributed by atoms with Gasteiger partial charge >= 0.3 is 5.97 Å². The highest BCUT2D eigenvalue weighted by Gasteiger charge is 2.45. The van der Waals surface area contributed by atoms with E-state index in [1.165, 1.54) is 6.92 Å². The van der Waals surface area contributed by atoms with Crippen molar-refractivity contribution in [1.29, 1.82) is 0 Å². The summed E-state index contributed by atoms with van der Waals surface area (Å²) in [5.74, 6) is -0.982. The number of carbonyl (C=O) groups is 1. The Morgan fingerprint density at radius 2 is 2.00 bits per heavy atom. The molecule has 138 valence electrons. The lowest BCUT2D eigenvalue weighted by molar-refractivity contribution is -0.254. The lowest BCUT2D eigenvalue weighted by Gasteiger charge is -2.43. The van der Waals surface area contributed by atoms with Gasteiger partial charge in [0.2, 0.25) is 6.29 Å². The van der Waals surface area contributed by atoms with Crippen LogP contribution in [0.5, 0.6) is 0 Å². The molecule has 0 spiro atoms. The second-order valence-electron chi connectivity index (χ2n) is 5.91. The molecule has 1 heterocycles. The third-order valence-corrected chi connectivity index (χ3v) is 5.47. The highest BCUT2D eigenvalue weighted by atomic mass is 32.2. The molecule has 24 heavy (non-hydrogen) atoms. The first kappa shape index (κ1) is 20.7. The first-order valence-electron chi connectivity index (χ1n) is 7.96. The molecule has 1 saturated heterocycles. The van der Waals surface area contributed by atoms with Gasteiger partial charge in [-0.05, 0) is 30.2 Å². The van der Waals surface area contributed by atoms with E-state index in [-0.39, 0.29) is 36.7 Å². The Balaban J connectivity index is 2.86. The maximum absolute atomic E-state index is 12.1. The number of hydrogen-bond donors (Lipinski definition) is 0. The number of ether oxygens (including phenoxy) is 2. The van der Waals surface area contributed by atoms with Gasteiger partial charge in [-0.15, -0.1) is 0 Å². The zero-order valence-electron chi connectivity index (χ0n) is 14.4. The summed E-state index contributed by atoms with van der Waals surface area (Å²) in [5.41, 5.74) is 8.20. The summed E-state index contributed by atoms with van der Waals surface area (Å²) < 4.78 is 40.4. The van der Waals surface area contributed by atoms with E-state index in [0.29, 0.717) is 0 Å². The third-order valence-electron chi connectivity index (χ3n) is 4.17. The number of esters is 1. The minimum absolute atomic E-state index is 0.0465. The molecule has 1 aliphatic rings. The van der Waals surface area contributed by atoms with Crippen molar-refractivity contribution in [3.63, 3.8) is 0 Å². The molecule has 0 bridgehead atoms. The van der Waals surface area contributed by atoms with Crippen LogP contribution in [0.4, 0.5) is 0 Å². The predicted molar refractivity (Wildman–Crippen MR) is 86.3 cm³/mol. The van der Waals surface area contributed by atoms with Crippen LogP contribution in [0, 0.1) is 11.8 Å². The van der Waals surface area contributed by atoms with Crippen molar-refractivity contribution >= 4 is 16.1 Å². The highest BCUT2D eigenvalue weighted by molar-refractivity contribution is 7.86. The molecule has 10 heteroatoms. The molecular weight excluding hydrogens is 338 g/mol. The second kappa shape index (κ2) is 9.22. The summed E-state index contributed by atoms with van der Waals surface area (Å²) >= 11 is 0. The smallest absolute Gasteiger partial charge is 0.305 e. The zero-order valence-corrected chi connectivity index (χ0v) is 15.2. The summed E-state index contributed by atoms with van der Waals surface area (Å²) in [7, 11) is -3.87. The Bertz CT molecular complexity index is 575. The van der Waals surface area contributed by atoms with E-state index in [1.807, 2.05) is 20.8 Å². The van der Waals surface area contributed by atoms with Crippen LogP contribution in [0.25, 0.3) is 10.4 Å². The van der Waals surface area contributed by atoms with Crippen molar-refractivity contribution in [2.45, 2.75) is 59.0 Å². The molecule has 9 nitrogen and oxygen atoms in total. The van der Waals surface area contributed by atoms with Gasteiger partial charge in [-0.1, -0.05) is 25.9 Å². The number of hydrogen-bond acceptors (Lipinski definition) is 7. The van der Waals surface area contributed by atoms with Gasteiger partial charge in [-0.2, -0.15) is 8.42 Å². The maximum atomic E-state index is 12.1. The molecule has 1 rings (SSSR count). The number of rotatable bonds is 8. The van der Waals surface area contributed by atoms with Crippen LogP contribution in [0.3, 0.4) is 0 Å². The Labute approximate surface area is 142 Å².